The molecule has 0 amide bonds. The van der Waals surface area contributed by atoms with Crippen molar-refractivity contribution in [1.29, 1.82) is 0 Å². The van der Waals surface area contributed by atoms with Crippen LogP contribution in [0.25, 0.3) is 27.3 Å². The summed E-state index contributed by atoms with van der Waals surface area (Å²) in [6, 6.07) is 15.1. The van der Waals surface area contributed by atoms with Crippen molar-refractivity contribution in [3.63, 3.8) is 0 Å². The van der Waals surface area contributed by atoms with Gasteiger partial charge < -0.3 is 5.32 Å². The summed E-state index contributed by atoms with van der Waals surface area (Å²) in [5, 5.41) is 10.6. The number of para-hydroxylation sites is 2. The molecule has 9 heteroatoms. The molecule has 5 rings (SSSR count). The fourth-order valence-electron chi connectivity index (χ4n) is 2.72. The molecular weight excluding hydrogens is 403 g/mol. The number of fused-ring (bicyclic) bond motifs is 2. The van der Waals surface area contributed by atoms with E-state index in [-0.39, 0.29) is 5.15 Å². The maximum Gasteiger partial charge on any atom is 0.249 e. The molecule has 0 spiro atoms. The van der Waals surface area contributed by atoms with Gasteiger partial charge >= 0.3 is 0 Å². The number of nitrogens with zero attached hydrogens (tertiary/aromatic N) is 5. The Bertz CT molecular complexity index is 1280. The quantitative estimate of drug-likeness (QED) is 0.426. The number of benzene rings is 2. The van der Waals surface area contributed by atoms with Crippen molar-refractivity contribution in [2.75, 3.05) is 5.32 Å². The molecule has 3 heterocycles. The van der Waals surface area contributed by atoms with Crippen LogP contribution in [0.4, 0.5) is 11.8 Å². The van der Waals surface area contributed by atoms with Crippen LogP contribution in [0.2, 0.25) is 10.2 Å². The van der Waals surface area contributed by atoms with Crippen molar-refractivity contribution in [1.82, 2.24) is 24.6 Å². The van der Waals surface area contributed by atoms with Crippen molar-refractivity contribution in [2.45, 2.75) is 0 Å². The number of hydrogen-bond donors (Lipinski definition) is 1. The molecule has 0 aliphatic heterocycles. The highest BCUT2D eigenvalue weighted by molar-refractivity contribution is 7.15. The summed E-state index contributed by atoms with van der Waals surface area (Å²) in [4.78, 5) is 14.1. The largest absolute Gasteiger partial charge is 0.305 e. The lowest BCUT2D eigenvalue weighted by atomic mass is 10.2. The molecule has 0 unspecified atom stereocenters. The van der Waals surface area contributed by atoms with Crippen LogP contribution in [0.3, 0.4) is 0 Å². The monoisotopic (exact) mass is 412 g/mol. The van der Waals surface area contributed by atoms with E-state index in [0.29, 0.717) is 16.8 Å². The third-order valence-corrected chi connectivity index (χ3v) is 5.31. The zero-order valence-corrected chi connectivity index (χ0v) is 15.9. The summed E-state index contributed by atoms with van der Waals surface area (Å²) >= 11 is 13.7. The zero-order chi connectivity index (χ0) is 18.4. The molecule has 0 aliphatic rings. The van der Waals surface area contributed by atoms with Crippen molar-refractivity contribution < 1.29 is 0 Å². The molecule has 5 aromatic rings. The minimum absolute atomic E-state index is 0.268. The fourth-order valence-corrected chi connectivity index (χ4v) is 3.86. The highest BCUT2D eigenvalue weighted by Gasteiger charge is 2.14. The number of anilines is 2. The average molecular weight is 413 g/mol. The smallest absolute Gasteiger partial charge is 0.249 e. The lowest BCUT2D eigenvalue weighted by Crippen LogP contribution is -1.99. The average Bonchev–Trinajstić information content (AvgIpc) is 3.23. The number of thiazole rings is 1. The number of nitrogens with one attached hydrogen (secondary N) is 1. The Morgan fingerprint density at radius 1 is 0.889 bits per heavy atom. The molecule has 132 valence electrons. The normalized spacial score (nSPS) is 11.3. The summed E-state index contributed by atoms with van der Waals surface area (Å²) in [7, 11) is 0. The van der Waals surface area contributed by atoms with Crippen LogP contribution in [0.5, 0.6) is 0 Å². The second kappa shape index (κ2) is 6.45. The maximum atomic E-state index is 6.26. The first-order chi connectivity index (χ1) is 13.2. The number of aromatic nitrogens is 5. The number of halogens is 2. The van der Waals surface area contributed by atoms with Gasteiger partial charge in [-0.1, -0.05) is 47.5 Å². The van der Waals surface area contributed by atoms with Crippen LogP contribution in [0, 0.1) is 0 Å². The van der Waals surface area contributed by atoms with Crippen molar-refractivity contribution in [2.24, 2.45) is 0 Å². The van der Waals surface area contributed by atoms with Crippen LogP contribution in [-0.4, -0.2) is 24.6 Å². The summed E-state index contributed by atoms with van der Waals surface area (Å²) in [5.41, 5.74) is 3.41. The minimum atomic E-state index is 0.268. The van der Waals surface area contributed by atoms with Gasteiger partial charge in [0.15, 0.2) is 11.0 Å². The highest BCUT2D eigenvalue weighted by Crippen LogP contribution is 2.28. The summed E-state index contributed by atoms with van der Waals surface area (Å²) in [5.74, 6) is 0.824. The van der Waals surface area contributed by atoms with Crippen molar-refractivity contribution in [3.8, 4) is 11.3 Å². The first-order valence-electron chi connectivity index (χ1n) is 7.97. The van der Waals surface area contributed by atoms with E-state index in [4.69, 9.17) is 23.2 Å². The van der Waals surface area contributed by atoms with Crippen LogP contribution in [-0.2, 0) is 0 Å². The molecule has 1 N–H and O–H groups in total. The van der Waals surface area contributed by atoms with E-state index in [1.54, 1.807) is 4.52 Å². The van der Waals surface area contributed by atoms with E-state index in [1.807, 2.05) is 53.9 Å². The second-order valence-electron chi connectivity index (χ2n) is 5.73. The number of rotatable bonds is 3. The van der Waals surface area contributed by atoms with Gasteiger partial charge in [-0.2, -0.15) is 4.98 Å². The Morgan fingerprint density at radius 2 is 1.63 bits per heavy atom. The predicted molar refractivity (Wildman–Crippen MR) is 109 cm³/mol. The first kappa shape index (κ1) is 16.4. The van der Waals surface area contributed by atoms with Gasteiger partial charge in [0.1, 0.15) is 0 Å². The Labute approximate surface area is 167 Å². The summed E-state index contributed by atoms with van der Waals surface area (Å²) in [6.45, 7) is 0. The van der Waals surface area contributed by atoms with E-state index < -0.39 is 0 Å². The molecule has 27 heavy (non-hydrogen) atoms. The van der Waals surface area contributed by atoms with Crippen LogP contribution >= 0.6 is 34.5 Å². The zero-order valence-electron chi connectivity index (χ0n) is 13.6. The van der Waals surface area contributed by atoms with Crippen LogP contribution in [0.1, 0.15) is 0 Å². The Morgan fingerprint density at radius 3 is 2.41 bits per heavy atom. The van der Waals surface area contributed by atoms with Gasteiger partial charge in [0.05, 0.1) is 16.7 Å². The van der Waals surface area contributed by atoms with Gasteiger partial charge in [0, 0.05) is 16.0 Å². The van der Waals surface area contributed by atoms with Gasteiger partial charge in [0.25, 0.3) is 0 Å². The van der Waals surface area contributed by atoms with Gasteiger partial charge in [-0.05, 0) is 24.3 Å². The lowest BCUT2D eigenvalue weighted by Gasteiger charge is -2.05. The van der Waals surface area contributed by atoms with E-state index in [9.17, 15) is 0 Å². The maximum absolute atomic E-state index is 6.26. The Balaban J connectivity index is 1.53. The van der Waals surface area contributed by atoms with E-state index in [2.05, 4.69) is 25.4 Å². The molecule has 0 aliphatic carbocycles. The molecule has 0 saturated carbocycles. The molecular formula is C18H10Cl2N6S. The first-order valence-corrected chi connectivity index (χ1v) is 9.60. The number of hydrogen-bond acceptors (Lipinski definition) is 6. The standard InChI is InChI=1S/C18H10Cl2N6S/c19-11-7-5-10(6-8-11)14-9-27-18-24-17(25-26(14)18)23-16-15(20)21-12-3-1-2-4-13(12)22-16/h1-9H,(H,22,23,25). The molecule has 6 nitrogen and oxygen atoms in total. The van der Waals surface area contributed by atoms with Crippen molar-refractivity contribution in [3.05, 3.63) is 64.1 Å². The highest BCUT2D eigenvalue weighted by atomic mass is 35.5. The summed E-state index contributed by atoms with van der Waals surface area (Å²) in [6.07, 6.45) is 0. The molecule has 3 aromatic heterocycles. The lowest BCUT2D eigenvalue weighted by molar-refractivity contribution is 0.987. The SMILES string of the molecule is Clc1ccc(-c2csc3nc(Nc4nc5ccccc5nc4Cl)nn23)cc1. The second-order valence-corrected chi connectivity index (χ2v) is 7.37. The molecule has 0 saturated heterocycles. The Hall–Kier alpha value is -2.74. The third kappa shape index (κ3) is 2.99. The van der Waals surface area contributed by atoms with Gasteiger partial charge in [-0.25, -0.2) is 14.5 Å². The minimum Gasteiger partial charge on any atom is -0.305 e. The topological polar surface area (TPSA) is 68.0 Å². The molecule has 2 aromatic carbocycles. The van der Waals surface area contributed by atoms with E-state index >= 15 is 0 Å². The third-order valence-electron chi connectivity index (χ3n) is 3.98. The van der Waals surface area contributed by atoms with Gasteiger partial charge in [0.2, 0.25) is 10.9 Å². The molecule has 0 atom stereocenters. The van der Waals surface area contributed by atoms with Crippen LogP contribution in [0.15, 0.2) is 53.9 Å². The van der Waals surface area contributed by atoms with Crippen LogP contribution < -0.4 is 5.32 Å². The fraction of sp³-hybridized carbons (Fsp3) is 0. The predicted octanol–water partition coefficient (Wildman–Crippen LogP) is 5.45. The molecule has 0 bridgehead atoms. The van der Waals surface area contributed by atoms with Gasteiger partial charge in [-0.15, -0.1) is 16.4 Å². The van der Waals surface area contributed by atoms with Gasteiger partial charge in [-0.3, -0.25) is 0 Å². The van der Waals surface area contributed by atoms with Crippen molar-refractivity contribution >= 4 is 62.3 Å². The van der Waals surface area contributed by atoms with E-state index in [0.717, 1.165) is 27.3 Å². The Kier molecular flexibility index (Phi) is 3.93. The van der Waals surface area contributed by atoms with E-state index in [1.165, 1.54) is 11.3 Å². The molecule has 0 radical (unpaired) electrons. The summed E-state index contributed by atoms with van der Waals surface area (Å²) < 4.78 is 1.78. The molecule has 0 fully saturated rings.